The zero-order valence-corrected chi connectivity index (χ0v) is 20.4. The Bertz CT molecular complexity index is 316. The number of carbonyl (C=O) groups is 1. The highest BCUT2D eigenvalue weighted by molar-refractivity contribution is 5.75. The van der Waals surface area contributed by atoms with Crippen molar-refractivity contribution in [2.75, 3.05) is 6.54 Å². The molecule has 1 amide bonds. The lowest BCUT2D eigenvalue weighted by atomic mass is 10.0. The molecule has 0 heterocycles. The Hall–Kier alpha value is -0.530. The SMILES string of the molecule is CCCCCCCCCCCCCCCCCCCCCCCC(=O)NCCC. The summed E-state index contributed by atoms with van der Waals surface area (Å²) in [5.74, 6) is 0.240. The maximum Gasteiger partial charge on any atom is 0.219 e. The molecule has 0 radical (unpaired) electrons. The number of carbonyl (C=O) groups excluding carboxylic acids is 1. The number of rotatable bonds is 24. The topological polar surface area (TPSA) is 29.1 Å². The third-order valence-corrected chi connectivity index (χ3v) is 6.08. The van der Waals surface area contributed by atoms with Crippen LogP contribution in [0.2, 0.25) is 0 Å². The van der Waals surface area contributed by atoms with Gasteiger partial charge in [0.25, 0.3) is 0 Å². The molecule has 0 fully saturated rings. The van der Waals surface area contributed by atoms with Gasteiger partial charge in [-0.05, 0) is 12.8 Å². The summed E-state index contributed by atoms with van der Waals surface area (Å²) < 4.78 is 0. The highest BCUT2D eigenvalue weighted by Gasteiger charge is 1.99. The highest BCUT2D eigenvalue weighted by Crippen LogP contribution is 2.15. The number of nitrogens with one attached hydrogen (secondary N) is 1. The first-order valence-electron chi connectivity index (χ1n) is 13.6. The summed E-state index contributed by atoms with van der Waals surface area (Å²) in [6, 6.07) is 0. The predicted molar refractivity (Wildman–Crippen MR) is 131 cm³/mol. The van der Waals surface area contributed by atoms with Crippen LogP contribution in [0.5, 0.6) is 0 Å². The number of amides is 1. The summed E-state index contributed by atoms with van der Waals surface area (Å²) in [4.78, 5) is 11.5. The van der Waals surface area contributed by atoms with Gasteiger partial charge in [-0.1, -0.05) is 142 Å². The predicted octanol–water partition coefficient (Wildman–Crippen LogP) is 9.11. The first-order chi connectivity index (χ1) is 14.3. The zero-order valence-electron chi connectivity index (χ0n) is 20.4. The van der Waals surface area contributed by atoms with E-state index in [1.54, 1.807) is 0 Å². The average Bonchev–Trinajstić information content (AvgIpc) is 2.73. The number of unbranched alkanes of at least 4 members (excludes halogenated alkanes) is 20. The zero-order chi connectivity index (χ0) is 21.3. The van der Waals surface area contributed by atoms with Crippen molar-refractivity contribution in [3.63, 3.8) is 0 Å². The fourth-order valence-electron chi connectivity index (χ4n) is 4.07. The van der Waals surface area contributed by atoms with E-state index >= 15 is 0 Å². The number of hydrogen-bond donors (Lipinski definition) is 1. The molecule has 0 rings (SSSR count). The van der Waals surface area contributed by atoms with Gasteiger partial charge >= 0.3 is 0 Å². The minimum Gasteiger partial charge on any atom is -0.356 e. The van der Waals surface area contributed by atoms with Crippen LogP contribution in [0.1, 0.15) is 162 Å². The maximum atomic E-state index is 11.5. The van der Waals surface area contributed by atoms with Crippen LogP contribution in [-0.4, -0.2) is 12.5 Å². The van der Waals surface area contributed by atoms with Gasteiger partial charge in [-0.15, -0.1) is 0 Å². The summed E-state index contributed by atoms with van der Waals surface area (Å²) in [6.45, 7) is 5.22. The van der Waals surface area contributed by atoms with Crippen LogP contribution in [-0.2, 0) is 4.79 Å². The van der Waals surface area contributed by atoms with Gasteiger partial charge in [0.2, 0.25) is 5.91 Å². The molecule has 0 aromatic rings. The van der Waals surface area contributed by atoms with Gasteiger partial charge in [0, 0.05) is 13.0 Å². The molecular weight excluding hydrogens is 354 g/mol. The van der Waals surface area contributed by atoms with E-state index in [2.05, 4.69) is 19.2 Å². The van der Waals surface area contributed by atoms with Crippen molar-refractivity contribution in [3.05, 3.63) is 0 Å². The Morgan fingerprint density at radius 2 is 0.759 bits per heavy atom. The van der Waals surface area contributed by atoms with E-state index in [1.165, 1.54) is 128 Å². The summed E-state index contributed by atoms with van der Waals surface area (Å²) in [6.07, 6.45) is 31.3. The van der Waals surface area contributed by atoms with E-state index in [1.807, 2.05) is 0 Å². The van der Waals surface area contributed by atoms with Gasteiger partial charge in [-0.25, -0.2) is 0 Å². The van der Waals surface area contributed by atoms with E-state index in [-0.39, 0.29) is 5.91 Å². The molecule has 2 nitrogen and oxygen atoms in total. The summed E-state index contributed by atoms with van der Waals surface area (Å²) in [7, 11) is 0. The van der Waals surface area contributed by atoms with Gasteiger partial charge in [-0.3, -0.25) is 4.79 Å². The van der Waals surface area contributed by atoms with Crippen molar-refractivity contribution >= 4 is 5.91 Å². The van der Waals surface area contributed by atoms with Crippen molar-refractivity contribution in [2.45, 2.75) is 162 Å². The van der Waals surface area contributed by atoms with E-state index in [4.69, 9.17) is 0 Å². The van der Waals surface area contributed by atoms with Gasteiger partial charge in [-0.2, -0.15) is 0 Å². The molecule has 0 saturated heterocycles. The first kappa shape index (κ1) is 28.5. The normalized spacial score (nSPS) is 11.1. The average molecular weight is 410 g/mol. The van der Waals surface area contributed by atoms with Crippen molar-refractivity contribution < 1.29 is 4.79 Å². The highest BCUT2D eigenvalue weighted by atomic mass is 16.1. The van der Waals surface area contributed by atoms with Crippen LogP contribution in [0.3, 0.4) is 0 Å². The monoisotopic (exact) mass is 409 g/mol. The lowest BCUT2D eigenvalue weighted by Crippen LogP contribution is -2.23. The molecule has 0 bridgehead atoms. The van der Waals surface area contributed by atoms with Crippen LogP contribution in [0.15, 0.2) is 0 Å². The third kappa shape index (κ3) is 25.4. The Kier molecular flexibility index (Phi) is 25.0. The minimum atomic E-state index is 0.240. The summed E-state index contributed by atoms with van der Waals surface area (Å²) >= 11 is 0. The molecule has 2 heteroatoms. The summed E-state index contributed by atoms with van der Waals surface area (Å²) in [5, 5.41) is 2.96. The van der Waals surface area contributed by atoms with Crippen LogP contribution < -0.4 is 5.32 Å². The Balaban J connectivity index is 3.04. The molecule has 0 unspecified atom stereocenters. The molecule has 1 N–H and O–H groups in total. The maximum absolute atomic E-state index is 11.5. The van der Waals surface area contributed by atoms with Gasteiger partial charge in [0.15, 0.2) is 0 Å². The molecule has 29 heavy (non-hydrogen) atoms. The van der Waals surface area contributed by atoms with E-state index in [0.29, 0.717) is 0 Å². The van der Waals surface area contributed by atoms with Crippen LogP contribution in [0.25, 0.3) is 0 Å². The molecule has 0 spiro atoms. The molecule has 0 aliphatic rings. The van der Waals surface area contributed by atoms with Gasteiger partial charge in [0.1, 0.15) is 0 Å². The van der Waals surface area contributed by atoms with Gasteiger partial charge < -0.3 is 5.32 Å². The van der Waals surface area contributed by atoms with E-state index in [0.717, 1.165) is 25.8 Å². The molecular formula is C27H55NO. The molecule has 0 atom stereocenters. The van der Waals surface area contributed by atoms with Gasteiger partial charge in [0.05, 0.1) is 0 Å². The fraction of sp³-hybridized carbons (Fsp3) is 0.963. The molecule has 0 aromatic heterocycles. The molecule has 0 aromatic carbocycles. The molecule has 0 aliphatic carbocycles. The lowest BCUT2D eigenvalue weighted by Gasteiger charge is -2.04. The Morgan fingerprint density at radius 1 is 0.448 bits per heavy atom. The van der Waals surface area contributed by atoms with Crippen LogP contribution in [0, 0.1) is 0 Å². The van der Waals surface area contributed by atoms with Crippen molar-refractivity contribution in [3.8, 4) is 0 Å². The standard InChI is InChI=1S/C27H55NO/c1-3-5-6-7-8-9-10-11-12-13-14-15-16-17-18-19-20-21-22-23-24-25-27(29)28-26-4-2/h3-26H2,1-2H3,(H,28,29). The number of hydrogen-bond acceptors (Lipinski definition) is 1. The lowest BCUT2D eigenvalue weighted by molar-refractivity contribution is -0.121. The van der Waals surface area contributed by atoms with E-state index in [9.17, 15) is 4.79 Å². The molecule has 0 saturated carbocycles. The second kappa shape index (κ2) is 25.5. The Morgan fingerprint density at radius 3 is 1.07 bits per heavy atom. The van der Waals surface area contributed by atoms with Crippen molar-refractivity contribution in [2.24, 2.45) is 0 Å². The smallest absolute Gasteiger partial charge is 0.219 e. The Labute approximate surface area is 184 Å². The van der Waals surface area contributed by atoms with E-state index < -0.39 is 0 Å². The second-order valence-electron chi connectivity index (χ2n) is 9.17. The van der Waals surface area contributed by atoms with Crippen molar-refractivity contribution in [1.29, 1.82) is 0 Å². The summed E-state index contributed by atoms with van der Waals surface area (Å²) in [5.41, 5.74) is 0. The minimum absolute atomic E-state index is 0.240. The largest absolute Gasteiger partial charge is 0.356 e. The fourth-order valence-corrected chi connectivity index (χ4v) is 4.07. The molecule has 0 aliphatic heterocycles. The van der Waals surface area contributed by atoms with Crippen LogP contribution in [0.4, 0.5) is 0 Å². The quantitative estimate of drug-likeness (QED) is 0.158. The van der Waals surface area contributed by atoms with Crippen LogP contribution >= 0.6 is 0 Å². The molecule has 174 valence electrons. The third-order valence-electron chi connectivity index (χ3n) is 6.08. The van der Waals surface area contributed by atoms with Crippen molar-refractivity contribution in [1.82, 2.24) is 5.32 Å². The second-order valence-corrected chi connectivity index (χ2v) is 9.17. The first-order valence-corrected chi connectivity index (χ1v) is 13.6.